The van der Waals surface area contributed by atoms with Gasteiger partial charge in [-0.05, 0) is 30.3 Å². The van der Waals surface area contributed by atoms with Crippen molar-refractivity contribution in [2.75, 3.05) is 17.5 Å². The maximum atomic E-state index is 12.8. The van der Waals surface area contributed by atoms with E-state index in [9.17, 15) is 14.7 Å². The highest BCUT2D eigenvalue weighted by molar-refractivity contribution is 9.10. The zero-order chi connectivity index (χ0) is 15.7. The summed E-state index contributed by atoms with van der Waals surface area (Å²) in [6.07, 6.45) is 0. The Morgan fingerprint density at radius 2 is 1.95 bits per heavy atom. The number of benzene rings is 2. The number of hydrogen-bond acceptors (Lipinski definition) is 5. The minimum Gasteiger partial charge on any atom is -0.588 e. The van der Waals surface area contributed by atoms with Crippen molar-refractivity contribution in [1.82, 2.24) is 0 Å². The van der Waals surface area contributed by atoms with Crippen LogP contribution in [0, 0.1) is 10.1 Å². The molecule has 0 bridgehead atoms. The van der Waals surface area contributed by atoms with Crippen LogP contribution in [0.1, 0.15) is 0 Å². The fourth-order valence-corrected chi connectivity index (χ4v) is 3.71. The van der Waals surface area contributed by atoms with Gasteiger partial charge in [-0.2, -0.15) is 4.31 Å². The first-order valence-corrected chi connectivity index (χ1v) is 8.32. The van der Waals surface area contributed by atoms with Gasteiger partial charge in [-0.1, -0.05) is 15.9 Å². The van der Waals surface area contributed by atoms with E-state index in [4.69, 9.17) is 4.74 Å². The third-order valence-corrected chi connectivity index (χ3v) is 5.21. The molecule has 2 aromatic carbocycles. The normalized spacial score (nSPS) is 17.4. The lowest BCUT2D eigenvalue weighted by Gasteiger charge is -2.23. The van der Waals surface area contributed by atoms with Crippen molar-refractivity contribution in [2.24, 2.45) is 0 Å². The van der Waals surface area contributed by atoms with Crippen molar-refractivity contribution in [3.8, 4) is 5.75 Å². The van der Waals surface area contributed by atoms with E-state index < -0.39 is 16.3 Å². The largest absolute Gasteiger partial charge is 0.588 e. The smallest absolute Gasteiger partial charge is 0.274 e. The first kappa shape index (κ1) is 15.1. The van der Waals surface area contributed by atoms with Crippen LogP contribution in [0.15, 0.2) is 51.8 Å². The van der Waals surface area contributed by atoms with E-state index >= 15 is 0 Å². The summed E-state index contributed by atoms with van der Waals surface area (Å²) in [6, 6.07) is 11.5. The topological polar surface area (TPSA) is 78.7 Å². The van der Waals surface area contributed by atoms with Gasteiger partial charge in [0.2, 0.25) is 4.90 Å². The number of halogens is 1. The summed E-state index contributed by atoms with van der Waals surface area (Å²) in [4.78, 5) is 10.7. The lowest BCUT2D eigenvalue weighted by Crippen LogP contribution is -2.32. The summed E-state index contributed by atoms with van der Waals surface area (Å²) in [5.74, 6) is 0.420. The maximum Gasteiger partial charge on any atom is 0.274 e. The number of non-ortho nitro benzene ring substituents is 1. The number of rotatable bonds is 2. The van der Waals surface area contributed by atoms with Crippen LogP contribution in [0.2, 0.25) is 0 Å². The second-order valence-corrected chi connectivity index (χ2v) is 6.86. The Hall–Kier alpha value is -1.77. The summed E-state index contributed by atoms with van der Waals surface area (Å²) in [6.45, 7) is 0.781. The molecule has 114 valence electrons. The minimum atomic E-state index is -1.57. The van der Waals surface area contributed by atoms with Gasteiger partial charge in [-0.15, -0.1) is 0 Å². The van der Waals surface area contributed by atoms with Crippen LogP contribution in [0.25, 0.3) is 0 Å². The molecule has 0 aliphatic carbocycles. The predicted octanol–water partition coefficient (Wildman–Crippen LogP) is 3.28. The summed E-state index contributed by atoms with van der Waals surface area (Å²) < 4.78 is 21.0. The molecule has 0 spiro atoms. The molecule has 0 aromatic heterocycles. The molecule has 0 radical (unpaired) electrons. The predicted molar refractivity (Wildman–Crippen MR) is 86.5 cm³/mol. The number of nitrogens with zero attached hydrogens (tertiary/aromatic N) is 2. The second-order valence-electron chi connectivity index (χ2n) is 4.56. The molecule has 1 aliphatic heterocycles. The summed E-state index contributed by atoms with van der Waals surface area (Å²) >= 11 is 1.79. The number of fused-ring (bicyclic) bond motifs is 1. The monoisotopic (exact) mass is 382 g/mol. The standard InChI is InChI=1S/C14H11BrN2O4S/c15-10-1-3-11(4-2-10)16-7-8-21-13-6-5-12(17(18)19)9-14(13)22(16)20/h1-6,9H,7-8H2. The molecule has 8 heteroatoms. The molecule has 1 unspecified atom stereocenters. The van der Waals surface area contributed by atoms with Crippen molar-refractivity contribution in [3.05, 3.63) is 57.1 Å². The van der Waals surface area contributed by atoms with Gasteiger partial charge >= 0.3 is 0 Å². The summed E-state index contributed by atoms with van der Waals surface area (Å²) in [5.41, 5.74) is 0.665. The van der Waals surface area contributed by atoms with Gasteiger partial charge in [0.25, 0.3) is 5.69 Å². The fourth-order valence-electron chi connectivity index (χ4n) is 2.14. The van der Waals surface area contributed by atoms with E-state index in [0.29, 0.717) is 23.8 Å². The molecule has 1 heterocycles. The van der Waals surface area contributed by atoms with Crippen LogP contribution < -0.4 is 9.04 Å². The number of anilines is 1. The van der Waals surface area contributed by atoms with Crippen LogP contribution in [-0.2, 0) is 11.4 Å². The quantitative estimate of drug-likeness (QED) is 0.452. The average molecular weight is 383 g/mol. The molecule has 2 aromatic rings. The Morgan fingerprint density at radius 1 is 1.23 bits per heavy atom. The van der Waals surface area contributed by atoms with Crippen molar-refractivity contribution in [2.45, 2.75) is 4.90 Å². The first-order chi connectivity index (χ1) is 10.6. The highest BCUT2D eigenvalue weighted by Crippen LogP contribution is 2.35. The number of nitro benzene ring substituents is 1. The second kappa shape index (κ2) is 6.15. The van der Waals surface area contributed by atoms with E-state index in [1.807, 2.05) is 24.3 Å². The van der Waals surface area contributed by atoms with Gasteiger partial charge in [-0.25, -0.2) is 0 Å². The lowest BCUT2D eigenvalue weighted by atomic mass is 10.3. The molecular formula is C14H11BrN2O4S. The van der Waals surface area contributed by atoms with Gasteiger partial charge in [-0.3, -0.25) is 10.1 Å². The van der Waals surface area contributed by atoms with Gasteiger partial charge in [0, 0.05) is 10.5 Å². The molecule has 0 saturated heterocycles. The van der Waals surface area contributed by atoms with E-state index in [0.717, 1.165) is 10.2 Å². The van der Waals surface area contributed by atoms with Crippen molar-refractivity contribution in [1.29, 1.82) is 0 Å². The van der Waals surface area contributed by atoms with E-state index in [1.54, 1.807) is 4.31 Å². The summed E-state index contributed by atoms with van der Waals surface area (Å²) in [7, 11) is 0. The first-order valence-electron chi connectivity index (χ1n) is 6.42. The minimum absolute atomic E-state index is 0.103. The third-order valence-electron chi connectivity index (χ3n) is 3.19. The molecule has 0 saturated carbocycles. The van der Waals surface area contributed by atoms with Gasteiger partial charge in [0.05, 0.1) is 23.2 Å². The number of ether oxygens (including phenoxy) is 1. The Bertz CT molecular complexity index is 710. The van der Waals surface area contributed by atoms with Crippen LogP contribution in [0.4, 0.5) is 11.4 Å². The Kier molecular flexibility index (Phi) is 4.23. The molecule has 0 N–H and O–H groups in total. The van der Waals surface area contributed by atoms with E-state index in [-0.39, 0.29) is 5.69 Å². The molecule has 3 rings (SSSR count). The van der Waals surface area contributed by atoms with Gasteiger partial charge in [0.1, 0.15) is 18.0 Å². The number of nitro groups is 1. The Labute approximate surface area is 138 Å². The summed E-state index contributed by atoms with van der Waals surface area (Å²) in [5, 5.41) is 10.9. The fraction of sp³-hybridized carbons (Fsp3) is 0.143. The third kappa shape index (κ3) is 2.90. The van der Waals surface area contributed by atoms with Gasteiger partial charge in [0.15, 0.2) is 5.75 Å². The van der Waals surface area contributed by atoms with Crippen LogP contribution in [-0.4, -0.2) is 22.6 Å². The van der Waals surface area contributed by atoms with E-state index in [1.165, 1.54) is 18.2 Å². The van der Waals surface area contributed by atoms with Crippen molar-refractivity contribution >= 4 is 38.7 Å². The van der Waals surface area contributed by atoms with E-state index in [2.05, 4.69) is 15.9 Å². The average Bonchev–Trinajstić information content (AvgIpc) is 2.67. The molecule has 0 amide bonds. The zero-order valence-electron chi connectivity index (χ0n) is 11.3. The molecular weight excluding hydrogens is 372 g/mol. The van der Waals surface area contributed by atoms with Gasteiger partial charge < -0.3 is 9.29 Å². The van der Waals surface area contributed by atoms with Crippen LogP contribution >= 0.6 is 15.9 Å². The zero-order valence-corrected chi connectivity index (χ0v) is 13.7. The maximum absolute atomic E-state index is 12.8. The highest BCUT2D eigenvalue weighted by atomic mass is 79.9. The Morgan fingerprint density at radius 3 is 2.64 bits per heavy atom. The molecule has 22 heavy (non-hydrogen) atoms. The lowest BCUT2D eigenvalue weighted by molar-refractivity contribution is -0.385. The molecule has 1 atom stereocenters. The number of hydrogen-bond donors (Lipinski definition) is 0. The van der Waals surface area contributed by atoms with Crippen molar-refractivity contribution < 1.29 is 14.2 Å². The molecule has 1 aliphatic rings. The van der Waals surface area contributed by atoms with Crippen molar-refractivity contribution in [3.63, 3.8) is 0 Å². The molecule has 0 fully saturated rings. The molecule has 6 nitrogen and oxygen atoms in total. The SMILES string of the molecule is O=[N+]([O-])c1ccc2c(c1)[S+]([O-])N(c1ccc(Br)cc1)CCO2. The highest BCUT2D eigenvalue weighted by Gasteiger charge is 2.32. The van der Waals surface area contributed by atoms with Crippen LogP contribution in [0.5, 0.6) is 5.75 Å². The Balaban J connectivity index is 2.01. The van der Waals surface area contributed by atoms with Crippen LogP contribution in [0.3, 0.4) is 0 Å².